The van der Waals surface area contributed by atoms with Crippen LogP contribution in [0.1, 0.15) is 25.0 Å². The van der Waals surface area contributed by atoms with Crippen LogP contribution in [0.15, 0.2) is 36.5 Å². The maximum Gasteiger partial charge on any atom is 0.308 e. The van der Waals surface area contributed by atoms with Gasteiger partial charge in [-0.3, -0.25) is 9.78 Å². The lowest BCUT2D eigenvalue weighted by Gasteiger charge is -2.17. The molecule has 2 rings (SSSR count). The summed E-state index contributed by atoms with van der Waals surface area (Å²) in [5, 5.41) is 20.8. The number of carbonyl (C=O) groups is 1. The standard InChI is InChI=1S/C15H17NO4/c1-2-20-14(18)9-13(17)15(19)11-5-6-12-10(8-11)4-3-7-16-12/h3-8,13,15,17,19H,2,9H2,1H3. The first-order valence-electron chi connectivity index (χ1n) is 6.48. The van der Waals surface area contributed by atoms with Crippen molar-refractivity contribution in [3.05, 3.63) is 42.1 Å². The van der Waals surface area contributed by atoms with E-state index in [1.807, 2.05) is 6.07 Å². The van der Waals surface area contributed by atoms with Crippen LogP contribution in [0.2, 0.25) is 0 Å². The number of pyridine rings is 1. The molecule has 0 spiro atoms. The topological polar surface area (TPSA) is 79.7 Å². The predicted octanol–water partition coefficient (Wildman–Crippen LogP) is 1.58. The Balaban J connectivity index is 2.13. The zero-order chi connectivity index (χ0) is 14.5. The maximum atomic E-state index is 11.3. The van der Waals surface area contributed by atoms with E-state index in [4.69, 9.17) is 4.74 Å². The van der Waals surface area contributed by atoms with Crippen molar-refractivity contribution in [1.82, 2.24) is 4.98 Å². The number of fused-ring (bicyclic) bond motifs is 1. The highest BCUT2D eigenvalue weighted by atomic mass is 16.5. The molecule has 106 valence electrons. The Labute approximate surface area is 116 Å². The molecule has 1 heterocycles. The van der Waals surface area contributed by atoms with Crippen LogP contribution >= 0.6 is 0 Å². The molecule has 2 atom stereocenters. The molecule has 5 nitrogen and oxygen atoms in total. The second-order valence-electron chi connectivity index (χ2n) is 4.48. The maximum absolute atomic E-state index is 11.3. The highest BCUT2D eigenvalue weighted by Gasteiger charge is 2.22. The fourth-order valence-corrected chi connectivity index (χ4v) is 2.00. The molecule has 2 aromatic rings. The lowest BCUT2D eigenvalue weighted by molar-refractivity contribution is -0.147. The molecule has 1 aromatic heterocycles. The van der Waals surface area contributed by atoms with E-state index < -0.39 is 18.2 Å². The van der Waals surface area contributed by atoms with Crippen molar-refractivity contribution in [1.29, 1.82) is 0 Å². The summed E-state index contributed by atoms with van der Waals surface area (Å²) in [6.07, 6.45) is -0.874. The van der Waals surface area contributed by atoms with Crippen molar-refractivity contribution in [3.8, 4) is 0 Å². The summed E-state index contributed by atoms with van der Waals surface area (Å²) in [7, 11) is 0. The van der Waals surface area contributed by atoms with Crippen LogP contribution in [0.5, 0.6) is 0 Å². The summed E-state index contributed by atoms with van der Waals surface area (Å²) in [6, 6.07) is 8.88. The first kappa shape index (κ1) is 14.4. The summed E-state index contributed by atoms with van der Waals surface area (Å²) < 4.78 is 4.75. The highest BCUT2D eigenvalue weighted by molar-refractivity contribution is 5.79. The molecule has 0 aliphatic rings. The van der Waals surface area contributed by atoms with Gasteiger partial charge in [-0.25, -0.2) is 0 Å². The molecule has 0 amide bonds. The summed E-state index contributed by atoms with van der Waals surface area (Å²) in [5.41, 5.74) is 1.35. The van der Waals surface area contributed by atoms with Gasteiger partial charge in [0.15, 0.2) is 0 Å². The molecule has 0 saturated carbocycles. The van der Waals surface area contributed by atoms with Crippen molar-refractivity contribution in [2.45, 2.75) is 25.6 Å². The van der Waals surface area contributed by atoms with Gasteiger partial charge in [0, 0.05) is 11.6 Å². The van der Waals surface area contributed by atoms with Gasteiger partial charge in [0.1, 0.15) is 6.10 Å². The molecule has 0 aliphatic heterocycles. The molecule has 1 aromatic carbocycles. The van der Waals surface area contributed by atoms with E-state index in [-0.39, 0.29) is 13.0 Å². The zero-order valence-corrected chi connectivity index (χ0v) is 11.2. The number of rotatable bonds is 5. The van der Waals surface area contributed by atoms with Crippen LogP contribution in [-0.4, -0.2) is 33.9 Å². The highest BCUT2D eigenvalue weighted by Crippen LogP contribution is 2.23. The number of aliphatic hydroxyl groups is 2. The number of nitrogens with zero attached hydrogens (tertiary/aromatic N) is 1. The molecule has 0 radical (unpaired) electrons. The normalized spacial score (nSPS) is 13.9. The van der Waals surface area contributed by atoms with Gasteiger partial charge in [-0.1, -0.05) is 12.1 Å². The molecule has 0 fully saturated rings. The van der Waals surface area contributed by atoms with Crippen LogP contribution < -0.4 is 0 Å². The van der Waals surface area contributed by atoms with Crippen LogP contribution in [0.3, 0.4) is 0 Å². The summed E-state index contributed by atoms with van der Waals surface area (Å²) >= 11 is 0. The SMILES string of the molecule is CCOC(=O)CC(O)C(O)c1ccc2ncccc2c1. The third-order valence-electron chi connectivity index (χ3n) is 3.01. The molecule has 0 aliphatic carbocycles. The molecule has 0 bridgehead atoms. The summed E-state index contributed by atoms with van der Waals surface area (Å²) in [6.45, 7) is 1.94. The number of benzene rings is 1. The Morgan fingerprint density at radius 3 is 2.90 bits per heavy atom. The van der Waals surface area contributed by atoms with Gasteiger partial charge in [-0.2, -0.15) is 0 Å². The van der Waals surface area contributed by atoms with E-state index >= 15 is 0 Å². The number of ether oxygens (including phenoxy) is 1. The fourth-order valence-electron chi connectivity index (χ4n) is 2.00. The molecule has 5 heteroatoms. The lowest BCUT2D eigenvalue weighted by Crippen LogP contribution is -2.23. The van der Waals surface area contributed by atoms with Gasteiger partial charge in [0.05, 0.1) is 24.6 Å². The molecule has 20 heavy (non-hydrogen) atoms. The van der Waals surface area contributed by atoms with Gasteiger partial charge < -0.3 is 14.9 Å². The van der Waals surface area contributed by atoms with Crippen molar-refractivity contribution >= 4 is 16.9 Å². The second-order valence-corrected chi connectivity index (χ2v) is 4.48. The van der Waals surface area contributed by atoms with Crippen molar-refractivity contribution in [2.75, 3.05) is 6.61 Å². The molecule has 0 saturated heterocycles. The molecular formula is C15H17NO4. The van der Waals surface area contributed by atoms with Crippen LogP contribution in [0, 0.1) is 0 Å². The van der Waals surface area contributed by atoms with E-state index in [1.165, 1.54) is 0 Å². The van der Waals surface area contributed by atoms with E-state index in [0.29, 0.717) is 5.56 Å². The zero-order valence-electron chi connectivity index (χ0n) is 11.2. The van der Waals surface area contributed by atoms with Gasteiger partial charge in [-0.05, 0) is 30.7 Å². The van der Waals surface area contributed by atoms with E-state index in [9.17, 15) is 15.0 Å². The minimum atomic E-state index is -1.19. The van der Waals surface area contributed by atoms with Crippen LogP contribution in [0.4, 0.5) is 0 Å². The van der Waals surface area contributed by atoms with E-state index in [0.717, 1.165) is 10.9 Å². The first-order chi connectivity index (χ1) is 9.61. The molecular weight excluding hydrogens is 258 g/mol. The first-order valence-corrected chi connectivity index (χ1v) is 6.48. The number of esters is 1. The minimum absolute atomic E-state index is 0.236. The van der Waals surface area contributed by atoms with Crippen LogP contribution in [-0.2, 0) is 9.53 Å². The molecule has 2 unspecified atom stereocenters. The number of hydrogen-bond acceptors (Lipinski definition) is 5. The predicted molar refractivity (Wildman–Crippen MR) is 74.0 cm³/mol. The Morgan fingerprint density at radius 2 is 2.15 bits per heavy atom. The average molecular weight is 275 g/mol. The third-order valence-corrected chi connectivity index (χ3v) is 3.01. The summed E-state index contributed by atoms with van der Waals surface area (Å²) in [5.74, 6) is -0.526. The van der Waals surface area contributed by atoms with Gasteiger partial charge in [-0.15, -0.1) is 0 Å². The quantitative estimate of drug-likeness (QED) is 0.810. The number of aliphatic hydroxyl groups excluding tert-OH is 2. The summed E-state index contributed by atoms with van der Waals surface area (Å²) in [4.78, 5) is 15.5. The van der Waals surface area contributed by atoms with E-state index in [1.54, 1.807) is 37.4 Å². The number of aromatic nitrogens is 1. The smallest absolute Gasteiger partial charge is 0.308 e. The Morgan fingerprint density at radius 1 is 1.35 bits per heavy atom. The number of carbonyl (C=O) groups excluding carboxylic acids is 1. The van der Waals surface area contributed by atoms with Crippen molar-refractivity contribution in [3.63, 3.8) is 0 Å². The van der Waals surface area contributed by atoms with Crippen molar-refractivity contribution < 1.29 is 19.7 Å². The Kier molecular flexibility index (Phi) is 4.65. The lowest BCUT2D eigenvalue weighted by atomic mass is 10.0. The van der Waals surface area contributed by atoms with Gasteiger partial charge in [0.25, 0.3) is 0 Å². The van der Waals surface area contributed by atoms with Crippen molar-refractivity contribution in [2.24, 2.45) is 0 Å². The monoisotopic (exact) mass is 275 g/mol. The molecule has 2 N–H and O–H groups in total. The van der Waals surface area contributed by atoms with Gasteiger partial charge in [0.2, 0.25) is 0 Å². The number of hydrogen-bond donors (Lipinski definition) is 2. The third kappa shape index (κ3) is 3.31. The Bertz CT molecular complexity index is 599. The van der Waals surface area contributed by atoms with E-state index in [2.05, 4.69) is 4.98 Å². The fraction of sp³-hybridized carbons (Fsp3) is 0.333. The van der Waals surface area contributed by atoms with Gasteiger partial charge >= 0.3 is 5.97 Å². The minimum Gasteiger partial charge on any atom is -0.466 e. The van der Waals surface area contributed by atoms with Crippen LogP contribution in [0.25, 0.3) is 10.9 Å². The second kappa shape index (κ2) is 6.45. The largest absolute Gasteiger partial charge is 0.466 e. The Hall–Kier alpha value is -1.98. The average Bonchev–Trinajstić information content (AvgIpc) is 2.46.